The third kappa shape index (κ3) is 6.37. The highest BCUT2D eigenvalue weighted by Crippen LogP contribution is 2.28. The molecule has 2 aromatic carbocycles. The fourth-order valence-electron chi connectivity index (χ4n) is 3.50. The largest absolute Gasteiger partial charge is 0.506 e. The molecule has 5 N–H and O–H groups in total. The van der Waals surface area contributed by atoms with Crippen LogP contribution in [0.5, 0.6) is 5.75 Å². The maximum Gasteiger partial charge on any atom is 0.305 e. The van der Waals surface area contributed by atoms with Gasteiger partial charge in [-0.25, -0.2) is 13.6 Å². The minimum absolute atomic E-state index is 0.0198. The topological polar surface area (TPSA) is 135 Å². The number of nitrogens with one attached hydrogen (secondary N) is 2. The molecule has 1 atom stereocenters. The van der Waals surface area contributed by atoms with E-state index in [2.05, 4.69) is 10.3 Å². The molecule has 0 aliphatic heterocycles. The molecule has 10 heteroatoms. The van der Waals surface area contributed by atoms with E-state index < -0.39 is 15.7 Å². The van der Waals surface area contributed by atoms with Gasteiger partial charge in [0.15, 0.2) is 0 Å². The van der Waals surface area contributed by atoms with Crippen LogP contribution in [0.4, 0.5) is 0 Å². The highest BCUT2D eigenvalue weighted by molar-refractivity contribution is 7.89. The maximum atomic E-state index is 11.9. The van der Waals surface area contributed by atoms with Gasteiger partial charge in [-0.1, -0.05) is 54.7 Å². The summed E-state index contributed by atoms with van der Waals surface area (Å²) in [5.74, 6) is -0.334. The van der Waals surface area contributed by atoms with Crippen molar-refractivity contribution in [3.63, 3.8) is 0 Å². The molecule has 3 rings (SSSR count). The molecular weight excluding hydrogens is 438 g/mol. The second kappa shape index (κ2) is 9.92. The van der Waals surface area contributed by atoms with Crippen LogP contribution in [0.2, 0.25) is 0 Å². The summed E-state index contributed by atoms with van der Waals surface area (Å²) in [4.78, 5) is 14.1. The molecule has 8 nitrogen and oxygen atoms in total. The number of nitrogens with two attached hydrogens (primary N) is 1. The molecule has 0 aliphatic carbocycles. The normalized spacial score (nSPS) is 14.0. The third-order valence-electron chi connectivity index (χ3n) is 5.10. The highest BCUT2D eigenvalue weighted by Gasteiger charge is 2.33. The van der Waals surface area contributed by atoms with E-state index in [9.17, 15) is 18.3 Å². The maximum absolute atomic E-state index is 11.9. The summed E-state index contributed by atoms with van der Waals surface area (Å²) in [6.45, 7) is 2.58. The summed E-state index contributed by atoms with van der Waals surface area (Å²) in [6, 6.07) is 13.1. The number of sulfonamides is 1. The van der Waals surface area contributed by atoms with Crippen LogP contribution in [0, 0.1) is 0 Å². The average Bonchev–Trinajstić information content (AvgIpc) is 3.12. The summed E-state index contributed by atoms with van der Waals surface area (Å²) in [5, 5.41) is 18.5. The van der Waals surface area contributed by atoms with Gasteiger partial charge in [0.2, 0.25) is 10.0 Å². The van der Waals surface area contributed by atoms with Gasteiger partial charge < -0.3 is 14.8 Å². The Labute approximate surface area is 185 Å². The Balaban J connectivity index is 1.71. The number of aromatic amines is 1. The van der Waals surface area contributed by atoms with Gasteiger partial charge in [0, 0.05) is 6.54 Å². The Hall–Kier alpha value is -2.24. The van der Waals surface area contributed by atoms with Gasteiger partial charge in [0.05, 0.1) is 11.3 Å². The van der Waals surface area contributed by atoms with Crippen molar-refractivity contribution >= 4 is 31.6 Å². The van der Waals surface area contributed by atoms with Crippen molar-refractivity contribution in [2.45, 2.75) is 31.9 Å². The first kappa shape index (κ1) is 23.4. The van der Waals surface area contributed by atoms with Crippen molar-refractivity contribution in [1.82, 2.24) is 10.3 Å². The molecule has 1 aromatic heterocycles. The third-order valence-corrected chi connectivity index (χ3v) is 6.92. The molecule has 0 spiro atoms. The average molecular weight is 466 g/mol. The van der Waals surface area contributed by atoms with Gasteiger partial charge in [0.1, 0.15) is 22.7 Å². The number of fused-ring (bicyclic) bond motifs is 1. The monoisotopic (exact) mass is 465 g/mol. The quantitative estimate of drug-likeness (QED) is 0.320. The summed E-state index contributed by atoms with van der Waals surface area (Å²) in [7, 11) is -3.79. The van der Waals surface area contributed by atoms with E-state index in [1.807, 2.05) is 37.3 Å². The molecule has 31 heavy (non-hydrogen) atoms. The van der Waals surface area contributed by atoms with Crippen LogP contribution in [0.25, 0.3) is 10.2 Å². The first-order valence-corrected chi connectivity index (χ1v) is 12.5. The van der Waals surface area contributed by atoms with E-state index in [-0.39, 0.29) is 16.4 Å². The number of primary sulfonamides is 1. The number of ether oxygens (including phenoxy) is 1. The van der Waals surface area contributed by atoms with Gasteiger partial charge >= 0.3 is 4.87 Å². The minimum atomic E-state index is -3.79. The molecule has 168 valence electrons. The van der Waals surface area contributed by atoms with Gasteiger partial charge in [-0.2, -0.15) is 0 Å². The number of aromatic nitrogens is 1. The van der Waals surface area contributed by atoms with Crippen molar-refractivity contribution in [2.75, 3.05) is 18.9 Å². The number of benzene rings is 2. The first-order chi connectivity index (χ1) is 14.7. The van der Waals surface area contributed by atoms with Gasteiger partial charge in [0.25, 0.3) is 0 Å². The molecule has 0 bridgehead atoms. The van der Waals surface area contributed by atoms with Crippen molar-refractivity contribution in [1.29, 1.82) is 0 Å². The van der Waals surface area contributed by atoms with E-state index in [4.69, 9.17) is 9.88 Å². The lowest BCUT2D eigenvalue weighted by atomic mass is 10.1. The molecule has 0 saturated carbocycles. The predicted molar refractivity (Wildman–Crippen MR) is 123 cm³/mol. The number of aromatic hydroxyl groups is 1. The second-order valence-electron chi connectivity index (χ2n) is 7.38. The van der Waals surface area contributed by atoms with Crippen LogP contribution >= 0.6 is 11.3 Å². The molecular formula is C21H27N3O5S2. The minimum Gasteiger partial charge on any atom is -0.506 e. The van der Waals surface area contributed by atoms with Crippen molar-refractivity contribution < 1.29 is 18.3 Å². The second-order valence-corrected chi connectivity index (χ2v) is 9.98. The van der Waals surface area contributed by atoms with Crippen molar-refractivity contribution in [3.05, 3.63) is 63.3 Å². The van der Waals surface area contributed by atoms with Gasteiger partial charge in [-0.15, -0.1) is 0 Å². The summed E-state index contributed by atoms with van der Waals surface area (Å²) >= 11 is 1.03. The van der Waals surface area contributed by atoms with Crippen molar-refractivity contribution in [2.24, 2.45) is 5.14 Å². The Morgan fingerprint density at radius 3 is 2.61 bits per heavy atom. The molecule has 0 radical (unpaired) electrons. The number of phenolic OH excluding ortho intramolecular Hbond substituents is 1. The smallest absolute Gasteiger partial charge is 0.305 e. The fraction of sp³-hybridized carbons (Fsp3) is 0.381. The Morgan fingerprint density at radius 1 is 1.19 bits per heavy atom. The zero-order chi connectivity index (χ0) is 22.5. The lowest BCUT2D eigenvalue weighted by Gasteiger charge is -2.33. The molecule has 3 aromatic rings. The van der Waals surface area contributed by atoms with Crippen LogP contribution in [0.3, 0.4) is 0 Å². The predicted octanol–water partition coefficient (Wildman–Crippen LogP) is 2.08. The Bertz CT molecular complexity index is 1170. The lowest BCUT2D eigenvalue weighted by Crippen LogP contribution is -2.54. The highest BCUT2D eigenvalue weighted by atomic mass is 32.2. The van der Waals surface area contributed by atoms with Crippen LogP contribution in [0.1, 0.15) is 24.5 Å². The van der Waals surface area contributed by atoms with Crippen LogP contribution in [-0.2, 0) is 27.6 Å². The molecule has 0 aliphatic rings. The fourth-order valence-corrected chi connectivity index (χ4v) is 5.44. The number of hydrogen-bond acceptors (Lipinski definition) is 7. The zero-order valence-corrected chi connectivity index (χ0v) is 18.9. The lowest BCUT2D eigenvalue weighted by molar-refractivity contribution is -0.0551. The number of hydrogen-bond donors (Lipinski definition) is 4. The Morgan fingerprint density at radius 2 is 1.94 bits per heavy atom. The molecule has 0 fully saturated rings. The molecule has 0 saturated heterocycles. The van der Waals surface area contributed by atoms with E-state index in [1.165, 1.54) is 6.07 Å². The zero-order valence-electron chi connectivity index (χ0n) is 17.3. The Kier molecular flexibility index (Phi) is 7.50. The summed E-state index contributed by atoms with van der Waals surface area (Å²) in [5.41, 5.74) is 1.26. The number of phenols is 1. The number of thiazole rings is 1. The van der Waals surface area contributed by atoms with E-state index >= 15 is 0 Å². The van der Waals surface area contributed by atoms with Crippen LogP contribution in [-0.4, -0.2) is 43.1 Å². The molecule has 0 amide bonds. The van der Waals surface area contributed by atoms with Crippen LogP contribution < -0.4 is 15.3 Å². The van der Waals surface area contributed by atoms with E-state index in [0.29, 0.717) is 42.6 Å². The first-order valence-electron chi connectivity index (χ1n) is 9.98. The van der Waals surface area contributed by atoms with Crippen LogP contribution in [0.15, 0.2) is 47.3 Å². The van der Waals surface area contributed by atoms with Gasteiger partial charge in [-0.3, -0.25) is 10.1 Å². The number of H-pyrrole nitrogens is 1. The summed E-state index contributed by atoms with van der Waals surface area (Å²) < 4.78 is 30.5. The van der Waals surface area contributed by atoms with Gasteiger partial charge in [-0.05, 0) is 36.5 Å². The summed E-state index contributed by atoms with van der Waals surface area (Å²) in [6.07, 6.45) is 1.56. The van der Waals surface area contributed by atoms with E-state index in [0.717, 1.165) is 22.5 Å². The standard InChI is InChI=1S/C21H27N3O5S2/c1-2-21(14-31(22,27)28,29-13-11-15-6-4-3-5-7-15)23-12-10-16-8-9-17(25)18-19(16)30-20(26)24-18/h3-9,23,25H,2,10-14H2,1H3,(H,24,26)(H2,22,27,28). The SMILES string of the molecule is CCC(CS(N)(=O)=O)(NCCc1ccc(O)c2[nH]c(=O)sc12)OCCc1ccccc1. The molecule has 1 unspecified atom stereocenters. The number of rotatable bonds is 11. The molecule has 1 heterocycles. The van der Waals surface area contributed by atoms with Crippen molar-refractivity contribution in [3.8, 4) is 5.75 Å². The van der Waals surface area contributed by atoms with E-state index in [1.54, 1.807) is 6.07 Å².